The molecule has 0 amide bonds. The number of halogens is 3. The van der Waals surface area contributed by atoms with Gasteiger partial charge in [0.2, 0.25) is 0 Å². The van der Waals surface area contributed by atoms with Gasteiger partial charge >= 0.3 is 0 Å². The molecule has 0 aromatic heterocycles. The number of aryl methyl sites for hydroxylation is 1. The molecule has 5 heteroatoms. The fourth-order valence-electron chi connectivity index (χ4n) is 2.78. The lowest BCUT2D eigenvalue weighted by Crippen LogP contribution is -2.16. The maximum Gasteiger partial charge on any atom is 0.165 e. The van der Waals surface area contributed by atoms with Crippen molar-refractivity contribution in [1.29, 1.82) is 0 Å². The van der Waals surface area contributed by atoms with Gasteiger partial charge in [-0.3, -0.25) is 4.79 Å². The molecule has 0 aliphatic rings. The molecule has 0 saturated heterocycles. The molecule has 0 saturated carbocycles. The van der Waals surface area contributed by atoms with Crippen LogP contribution in [0.1, 0.15) is 33.9 Å². The van der Waals surface area contributed by atoms with Gasteiger partial charge < -0.3 is 5.32 Å². The average Bonchev–Trinajstić information content (AvgIpc) is 2.65. The van der Waals surface area contributed by atoms with Crippen LogP contribution in [0.25, 0.3) is 0 Å². The van der Waals surface area contributed by atoms with E-state index in [0.29, 0.717) is 27.1 Å². The van der Waals surface area contributed by atoms with Crippen LogP contribution in [0.15, 0.2) is 66.7 Å². The summed E-state index contributed by atoms with van der Waals surface area (Å²) in [5.74, 6) is 0.0579. The van der Waals surface area contributed by atoms with E-state index in [4.69, 9.17) is 34.8 Å². The van der Waals surface area contributed by atoms with E-state index in [9.17, 15) is 4.79 Å². The van der Waals surface area contributed by atoms with Gasteiger partial charge in [-0.25, -0.2) is 0 Å². The van der Waals surface area contributed by atoms with Crippen molar-refractivity contribution in [2.45, 2.75) is 19.4 Å². The number of hydrogen-bond donors (Lipinski definition) is 1. The van der Waals surface area contributed by atoms with Crippen molar-refractivity contribution in [3.8, 4) is 0 Å². The van der Waals surface area contributed by atoms with Crippen LogP contribution in [0, 0.1) is 6.92 Å². The Labute approximate surface area is 174 Å². The monoisotopic (exact) mass is 417 g/mol. The first kappa shape index (κ1) is 19.8. The van der Waals surface area contributed by atoms with E-state index in [1.165, 1.54) is 0 Å². The van der Waals surface area contributed by atoms with Crippen LogP contribution in [0.5, 0.6) is 0 Å². The molecule has 27 heavy (non-hydrogen) atoms. The molecular formula is C22H18Cl3NO. The number of rotatable bonds is 6. The maximum absolute atomic E-state index is 12.8. The fraction of sp³-hybridized carbons (Fsp3) is 0.136. The third-order valence-electron chi connectivity index (χ3n) is 4.30. The third kappa shape index (κ3) is 5.26. The predicted molar refractivity (Wildman–Crippen MR) is 114 cm³/mol. The summed E-state index contributed by atoms with van der Waals surface area (Å²) in [6.07, 6.45) is 0.297. The highest BCUT2D eigenvalue weighted by Crippen LogP contribution is 2.30. The molecule has 1 N–H and O–H groups in total. The molecule has 3 rings (SSSR count). The molecule has 0 radical (unpaired) electrons. The lowest BCUT2D eigenvalue weighted by Gasteiger charge is -2.20. The van der Waals surface area contributed by atoms with Crippen LogP contribution >= 0.6 is 34.8 Å². The molecule has 0 aliphatic heterocycles. The summed E-state index contributed by atoms with van der Waals surface area (Å²) in [4.78, 5) is 12.8. The van der Waals surface area contributed by atoms with Crippen molar-refractivity contribution in [2.24, 2.45) is 0 Å². The first-order valence-electron chi connectivity index (χ1n) is 8.49. The van der Waals surface area contributed by atoms with Crippen molar-refractivity contribution < 1.29 is 4.79 Å². The van der Waals surface area contributed by atoms with Gasteiger partial charge in [-0.1, -0.05) is 76.8 Å². The number of benzene rings is 3. The Morgan fingerprint density at radius 3 is 2.19 bits per heavy atom. The van der Waals surface area contributed by atoms with Gasteiger partial charge in [-0.05, 0) is 42.8 Å². The van der Waals surface area contributed by atoms with Crippen molar-refractivity contribution in [2.75, 3.05) is 5.32 Å². The minimum Gasteiger partial charge on any atom is -0.378 e. The smallest absolute Gasteiger partial charge is 0.165 e. The largest absolute Gasteiger partial charge is 0.378 e. The highest BCUT2D eigenvalue weighted by molar-refractivity contribution is 6.42. The van der Waals surface area contributed by atoms with Crippen LogP contribution in [-0.4, -0.2) is 5.78 Å². The summed E-state index contributed by atoms with van der Waals surface area (Å²) in [5.41, 5.74) is 3.57. The minimum atomic E-state index is -0.228. The number of carbonyl (C=O) groups is 1. The lowest BCUT2D eigenvalue weighted by atomic mass is 9.97. The Morgan fingerprint density at radius 1 is 0.889 bits per heavy atom. The summed E-state index contributed by atoms with van der Waals surface area (Å²) >= 11 is 18.1. The zero-order valence-electron chi connectivity index (χ0n) is 14.7. The van der Waals surface area contributed by atoms with Crippen molar-refractivity contribution in [1.82, 2.24) is 0 Å². The Hall–Kier alpha value is -2.00. The topological polar surface area (TPSA) is 29.1 Å². The van der Waals surface area contributed by atoms with Gasteiger partial charge in [-0.2, -0.15) is 0 Å². The first-order valence-corrected chi connectivity index (χ1v) is 9.62. The molecule has 0 spiro atoms. The van der Waals surface area contributed by atoms with Gasteiger partial charge in [0.1, 0.15) is 0 Å². The van der Waals surface area contributed by atoms with E-state index in [0.717, 1.165) is 16.8 Å². The summed E-state index contributed by atoms with van der Waals surface area (Å²) in [7, 11) is 0. The summed E-state index contributed by atoms with van der Waals surface area (Å²) in [6.45, 7) is 2.00. The van der Waals surface area contributed by atoms with Crippen molar-refractivity contribution in [3.05, 3.63) is 98.5 Å². The van der Waals surface area contributed by atoms with E-state index < -0.39 is 0 Å². The molecule has 0 aliphatic carbocycles. The average molecular weight is 419 g/mol. The number of ketones is 1. The minimum absolute atomic E-state index is 0.0579. The number of anilines is 1. The van der Waals surface area contributed by atoms with Crippen molar-refractivity contribution >= 4 is 46.3 Å². The van der Waals surface area contributed by atoms with E-state index in [1.807, 2.05) is 61.5 Å². The second-order valence-corrected chi connectivity index (χ2v) is 7.62. The predicted octanol–water partition coefficient (Wildman–Crippen LogP) is 7.38. The molecule has 3 aromatic rings. The second kappa shape index (κ2) is 8.79. The van der Waals surface area contributed by atoms with Gasteiger partial charge in [0, 0.05) is 22.7 Å². The lowest BCUT2D eigenvalue weighted by molar-refractivity contribution is 0.0976. The molecule has 138 valence electrons. The molecule has 0 heterocycles. The molecule has 0 unspecified atom stereocenters. The van der Waals surface area contributed by atoms with Gasteiger partial charge in [-0.15, -0.1) is 0 Å². The molecule has 1 atom stereocenters. The van der Waals surface area contributed by atoms with E-state index in [2.05, 4.69) is 5.32 Å². The van der Waals surface area contributed by atoms with Crippen LogP contribution in [0.4, 0.5) is 5.69 Å². The van der Waals surface area contributed by atoms with Crippen LogP contribution in [-0.2, 0) is 0 Å². The van der Waals surface area contributed by atoms with Gasteiger partial charge in [0.25, 0.3) is 0 Å². The Morgan fingerprint density at radius 2 is 1.56 bits per heavy atom. The molecule has 0 bridgehead atoms. The maximum atomic E-state index is 12.8. The molecule has 3 aromatic carbocycles. The van der Waals surface area contributed by atoms with E-state index >= 15 is 0 Å². The quantitative estimate of drug-likeness (QED) is 0.423. The first-order chi connectivity index (χ1) is 12.9. The van der Waals surface area contributed by atoms with Crippen molar-refractivity contribution in [3.63, 3.8) is 0 Å². The Balaban J connectivity index is 1.86. The number of hydrogen-bond acceptors (Lipinski definition) is 2. The second-order valence-electron chi connectivity index (χ2n) is 6.37. The number of Topliss-reactive ketones (excluding diaryl/α,β-unsaturated/α-hetero) is 1. The zero-order valence-corrected chi connectivity index (χ0v) is 16.9. The van der Waals surface area contributed by atoms with Gasteiger partial charge in [0.15, 0.2) is 5.78 Å². The molecular weight excluding hydrogens is 401 g/mol. The summed E-state index contributed by atoms with van der Waals surface area (Å²) in [6, 6.07) is 20.2. The SMILES string of the molecule is Cc1ccc(C(=O)C[C@H](Nc2ccc(Cl)c(Cl)c2)c2ccc(Cl)cc2)cc1. The highest BCUT2D eigenvalue weighted by Gasteiger charge is 2.18. The number of nitrogens with one attached hydrogen (secondary N) is 1. The zero-order chi connectivity index (χ0) is 19.4. The number of carbonyl (C=O) groups excluding carboxylic acids is 1. The van der Waals surface area contributed by atoms with Gasteiger partial charge in [0.05, 0.1) is 16.1 Å². The third-order valence-corrected chi connectivity index (χ3v) is 5.29. The molecule has 0 fully saturated rings. The Bertz CT molecular complexity index is 937. The Kier molecular flexibility index (Phi) is 6.43. The van der Waals surface area contributed by atoms with Crippen LogP contribution in [0.3, 0.4) is 0 Å². The van der Waals surface area contributed by atoms with Crippen LogP contribution < -0.4 is 5.32 Å². The van der Waals surface area contributed by atoms with Crippen LogP contribution in [0.2, 0.25) is 15.1 Å². The summed E-state index contributed by atoms with van der Waals surface area (Å²) in [5, 5.41) is 4.98. The van der Waals surface area contributed by atoms with E-state index in [1.54, 1.807) is 12.1 Å². The normalized spacial score (nSPS) is 11.9. The highest BCUT2D eigenvalue weighted by atomic mass is 35.5. The standard InChI is InChI=1S/C22H18Cl3NO/c1-14-2-4-16(5-3-14)22(27)13-21(15-6-8-17(23)9-7-15)26-18-10-11-19(24)20(25)12-18/h2-12,21,26H,13H2,1H3/t21-/m0/s1. The fourth-order valence-corrected chi connectivity index (χ4v) is 3.20. The summed E-state index contributed by atoms with van der Waals surface area (Å²) < 4.78 is 0. The molecule has 2 nitrogen and oxygen atoms in total. The van der Waals surface area contributed by atoms with E-state index in [-0.39, 0.29) is 11.8 Å².